The molecule has 0 aromatic heterocycles. The minimum atomic E-state index is -0.648. The van der Waals surface area contributed by atoms with Crippen LogP contribution in [0.2, 0.25) is 0 Å². The van der Waals surface area contributed by atoms with Gasteiger partial charge < -0.3 is 15.4 Å². The van der Waals surface area contributed by atoms with Crippen molar-refractivity contribution in [2.75, 3.05) is 11.9 Å². The van der Waals surface area contributed by atoms with Crippen molar-refractivity contribution in [2.24, 2.45) is 0 Å². The van der Waals surface area contributed by atoms with Gasteiger partial charge in [0, 0.05) is 12.2 Å². The SMILES string of the molecule is CC(C)Oc1ccc(NC(=O)C(=O)NCCC2=CCCCC2)cc1. The number of ether oxygens (including phenoxy) is 1. The van der Waals surface area contributed by atoms with Crippen LogP contribution in [0.25, 0.3) is 0 Å². The van der Waals surface area contributed by atoms with Gasteiger partial charge in [0.05, 0.1) is 6.10 Å². The van der Waals surface area contributed by atoms with Crippen molar-refractivity contribution in [1.82, 2.24) is 5.32 Å². The molecule has 5 nitrogen and oxygen atoms in total. The number of rotatable bonds is 6. The van der Waals surface area contributed by atoms with Crippen LogP contribution in [0.1, 0.15) is 46.0 Å². The Balaban J connectivity index is 1.74. The highest BCUT2D eigenvalue weighted by Crippen LogP contribution is 2.19. The van der Waals surface area contributed by atoms with E-state index in [9.17, 15) is 9.59 Å². The maximum atomic E-state index is 11.9. The highest BCUT2D eigenvalue weighted by atomic mass is 16.5. The van der Waals surface area contributed by atoms with E-state index in [0.717, 1.165) is 25.0 Å². The topological polar surface area (TPSA) is 67.4 Å². The lowest BCUT2D eigenvalue weighted by Crippen LogP contribution is -2.36. The molecule has 1 aliphatic carbocycles. The summed E-state index contributed by atoms with van der Waals surface area (Å²) in [5.41, 5.74) is 1.95. The molecular formula is C19H26N2O3. The molecule has 5 heteroatoms. The van der Waals surface area contributed by atoms with Gasteiger partial charge in [0.1, 0.15) is 5.75 Å². The zero-order valence-corrected chi connectivity index (χ0v) is 14.4. The fraction of sp³-hybridized carbons (Fsp3) is 0.474. The van der Waals surface area contributed by atoms with Crippen LogP contribution in [-0.4, -0.2) is 24.5 Å². The lowest BCUT2D eigenvalue weighted by atomic mass is 9.97. The average Bonchev–Trinajstić information content (AvgIpc) is 2.57. The van der Waals surface area contributed by atoms with Crippen LogP contribution < -0.4 is 15.4 Å². The van der Waals surface area contributed by atoms with Gasteiger partial charge in [0.25, 0.3) is 0 Å². The van der Waals surface area contributed by atoms with Crippen molar-refractivity contribution in [3.63, 3.8) is 0 Å². The zero-order valence-electron chi connectivity index (χ0n) is 14.4. The first-order chi connectivity index (χ1) is 11.5. The van der Waals surface area contributed by atoms with Gasteiger partial charge in [-0.05, 0) is 70.2 Å². The minimum absolute atomic E-state index is 0.0931. The predicted molar refractivity (Wildman–Crippen MR) is 95.0 cm³/mol. The molecule has 2 N–H and O–H groups in total. The Morgan fingerprint density at radius 1 is 1.12 bits per heavy atom. The molecule has 1 aromatic carbocycles. The number of amides is 2. The number of hydrogen-bond acceptors (Lipinski definition) is 3. The Labute approximate surface area is 143 Å². The first-order valence-corrected chi connectivity index (χ1v) is 8.58. The van der Waals surface area contributed by atoms with Crippen LogP contribution in [0.4, 0.5) is 5.69 Å². The molecule has 0 spiro atoms. The van der Waals surface area contributed by atoms with Gasteiger partial charge in [0.2, 0.25) is 0 Å². The summed E-state index contributed by atoms with van der Waals surface area (Å²) in [6, 6.07) is 6.97. The monoisotopic (exact) mass is 330 g/mol. The number of carbonyl (C=O) groups excluding carboxylic acids is 2. The highest BCUT2D eigenvalue weighted by molar-refractivity contribution is 6.39. The predicted octanol–water partition coefficient (Wildman–Crippen LogP) is 3.42. The second kappa shape index (κ2) is 9.11. The summed E-state index contributed by atoms with van der Waals surface area (Å²) in [5, 5.41) is 5.26. The molecule has 0 saturated heterocycles. The Bertz CT molecular complexity index is 591. The number of hydrogen-bond donors (Lipinski definition) is 2. The van der Waals surface area contributed by atoms with E-state index in [1.807, 2.05) is 13.8 Å². The molecule has 0 heterocycles. The van der Waals surface area contributed by atoms with Crippen molar-refractivity contribution in [1.29, 1.82) is 0 Å². The van der Waals surface area contributed by atoms with Crippen molar-refractivity contribution in [3.05, 3.63) is 35.9 Å². The van der Waals surface area contributed by atoms with Crippen LogP contribution in [-0.2, 0) is 9.59 Å². The summed E-state index contributed by atoms with van der Waals surface area (Å²) in [6.07, 6.45) is 7.86. The first-order valence-electron chi connectivity index (χ1n) is 8.58. The lowest BCUT2D eigenvalue weighted by Gasteiger charge is -2.13. The Morgan fingerprint density at radius 2 is 1.88 bits per heavy atom. The quantitative estimate of drug-likeness (QED) is 0.620. The maximum absolute atomic E-state index is 11.9. The Morgan fingerprint density at radius 3 is 2.50 bits per heavy atom. The first kappa shape index (κ1) is 18.0. The normalized spacial score (nSPS) is 14.0. The molecule has 0 saturated carbocycles. The van der Waals surface area contributed by atoms with E-state index in [2.05, 4.69) is 16.7 Å². The molecule has 24 heavy (non-hydrogen) atoms. The van der Waals surface area contributed by atoms with E-state index in [4.69, 9.17) is 4.74 Å². The van der Waals surface area contributed by atoms with E-state index >= 15 is 0 Å². The summed E-state index contributed by atoms with van der Waals surface area (Å²) in [5.74, 6) is -0.521. The second-order valence-electron chi connectivity index (χ2n) is 6.26. The maximum Gasteiger partial charge on any atom is 0.313 e. The van der Waals surface area contributed by atoms with Crippen LogP contribution >= 0.6 is 0 Å². The highest BCUT2D eigenvalue weighted by Gasteiger charge is 2.13. The molecule has 1 aliphatic rings. The lowest BCUT2D eigenvalue weighted by molar-refractivity contribution is -0.136. The molecular weight excluding hydrogens is 304 g/mol. The van der Waals surface area contributed by atoms with Gasteiger partial charge in [-0.15, -0.1) is 0 Å². The minimum Gasteiger partial charge on any atom is -0.491 e. The number of allylic oxidation sites excluding steroid dienone is 1. The largest absolute Gasteiger partial charge is 0.491 e. The van der Waals surface area contributed by atoms with Crippen LogP contribution in [0.15, 0.2) is 35.9 Å². The van der Waals surface area contributed by atoms with Gasteiger partial charge in [-0.2, -0.15) is 0 Å². The molecule has 2 rings (SSSR count). The van der Waals surface area contributed by atoms with Crippen LogP contribution in [0.5, 0.6) is 5.75 Å². The van der Waals surface area contributed by atoms with Gasteiger partial charge >= 0.3 is 11.8 Å². The summed E-state index contributed by atoms with van der Waals surface area (Å²) >= 11 is 0. The molecule has 0 unspecified atom stereocenters. The summed E-state index contributed by atoms with van der Waals surface area (Å²) in [6.45, 7) is 4.39. The summed E-state index contributed by atoms with van der Waals surface area (Å²) in [4.78, 5) is 23.7. The average molecular weight is 330 g/mol. The fourth-order valence-corrected chi connectivity index (χ4v) is 2.63. The number of anilines is 1. The van der Waals surface area contributed by atoms with E-state index in [1.54, 1.807) is 24.3 Å². The van der Waals surface area contributed by atoms with E-state index in [-0.39, 0.29) is 6.10 Å². The van der Waals surface area contributed by atoms with Gasteiger partial charge in [-0.25, -0.2) is 0 Å². The smallest absolute Gasteiger partial charge is 0.313 e. The zero-order chi connectivity index (χ0) is 17.4. The molecule has 0 bridgehead atoms. The molecule has 0 fully saturated rings. The van der Waals surface area contributed by atoms with Gasteiger partial charge in [-0.3, -0.25) is 9.59 Å². The van der Waals surface area contributed by atoms with Crippen LogP contribution in [0, 0.1) is 0 Å². The number of benzene rings is 1. The van der Waals surface area contributed by atoms with E-state index in [0.29, 0.717) is 12.2 Å². The van der Waals surface area contributed by atoms with Crippen molar-refractivity contribution in [3.8, 4) is 5.75 Å². The third-order valence-corrected chi connectivity index (χ3v) is 3.81. The van der Waals surface area contributed by atoms with Crippen molar-refractivity contribution in [2.45, 2.75) is 52.1 Å². The van der Waals surface area contributed by atoms with Gasteiger partial charge in [0.15, 0.2) is 0 Å². The van der Waals surface area contributed by atoms with Crippen molar-refractivity contribution >= 4 is 17.5 Å². The molecule has 2 amide bonds. The Kier molecular flexibility index (Phi) is 6.85. The van der Waals surface area contributed by atoms with E-state index in [1.165, 1.54) is 18.4 Å². The fourth-order valence-electron chi connectivity index (χ4n) is 2.63. The Hall–Kier alpha value is -2.30. The molecule has 0 radical (unpaired) electrons. The number of carbonyl (C=O) groups is 2. The molecule has 0 atom stereocenters. The second-order valence-corrected chi connectivity index (χ2v) is 6.26. The molecule has 1 aromatic rings. The number of nitrogens with one attached hydrogen (secondary N) is 2. The molecule has 0 aliphatic heterocycles. The van der Waals surface area contributed by atoms with Gasteiger partial charge in [-0.1, -0.05) is 11.6 Å². The standard InChI is InChI=1S/C19H26N2O3/c1-14(2)24-17-10-8-16(9-11-17)21-19(23)18(22)20-13-12-15-6-4-3-5-7-15/h6,8-11,14H,3-5,7,12-13H2,1-2H3,(H,20,22)(H,21,23). The van der Waals surface area contributed by atoms with Crippen LogP contribution in [0.3, 0.4) is 0 Å². The third-order valence-electron chi connectivity index (χ3n) is 3.81. The summed E-state index contributed by atoms with van der Waals surface area (Å²) in [7, 11) is 0. The van der Waals surface area contributed by atoms with Crippen molar-refractivity contribution < 1.29 is 14.3 Å². The van der Waals surface area contributed by atoms with E-state index < -0.39 is 11.8 Å². The molecule has 130 valence electrons. The third kappa shape index (κ3) is 6.07. The summed E-state index contributed by atoms with van der Waals surface area (Å²) < 4.78 is 5.54.